The molecule has 6 heteroatoms. The molecule has 1 unspecified atom stereocenters. The Balaban J connectivity index is 1.72. The van der Waals surface area contributed by atoms with Crippen LogP contribution in [0.5, 0.6) is 0 Å². The molecule has 3 rings (SSSR count). The summed E-state index contributed by atoms with van der Waals surface area (Å²) in [4.78, 5) is 4.81. The summed E-state index contributed by atoms with van der Waals surface area (Å²) in [6.07, 6.45) is 4.13. The number of halogens is 1. The van der Waals surface area contributed by atoms with Crippen LogP contribution < -0.4 is 10.6 Å². The Kier molecular flexibility index (Phi) is 7.01. The van der Waals surface area contributed by atoms with Gasteiger partial charge >= 0.3 is 0 Å². The zero-order valence-electron chi connectivity index (χ0n) is 16.5. The van der Waals surface area contributed by atoms with E-state index in [0.717, 1.165) is 69.6 Å². The molecule has 0 bridgehead atoms. The highest BCUT2D eigenvalue weighted by molar-refractivity contribution is 6.30. The number of hydrogen-bond acceptors (Lipinski definition) is 3. The Morgan fingerprint density at radius 1 is 1.19 bits per heavy atom. The van der Waals surface area contributed by atoms with E-state index in [2.05, 4.69) is 36.6 Å². The second kappa shape index (κ2) is 9.26. The van der Waals surface area contributed by atoms with Gasteiger partial charge in [-0.1, -0.05) is 23.7 Å². The number of rotatable bonds is 6. The third-order valence-electron chi connectivity index (χ3n) is 5.70. The molecule has 2 saturated heterocycles. The van der Waals surface area contributed by atoms with Crippen molar-refractivity contribution in [2.75, 3.05) is 39.5 Å². The van der Waals surface area contributed by atoms with E-state index < -0.39 is 0 Å². The van der Waals surface area contributed by atoms with Crippen LogP contribution in [0.1, 0.15) is 45.1 Å². The standard InChI is InChI=1S/C21H32ClN3O2/c1-3-23-19(24-15-20(2)8-5-11-27-20)25-16-21(9-12-26-13-10-21)17-6-4-7-18(22)14-17/h4,6-7,14H,3,5,8-13,15-16H2,1-2H3,(H2,23,24,25). The monoisotopic (exact) mass is 393 g/mol. The molecular weight excluding hydrogens is 362 g/mol. The van der Waals surface area contributed by atoms with E-state index in [0.29, 0.717) is 6.54 Å². The van der Waals surface area contributed by atoms with Crippen molar-refractivity contribution < 1.29 is 9.47 Å². The number of nitrogens with one attached hydrogen (secondary N) is 2. The van der Waals surface area contributed by atoms with E-state index in [4.69, 9.17) is 26.1 Å². The van der Waals surface area contributed by atoms with E-state index in [1.165, 1.54) is 5.56 Å². The van der Waals surface area contributed by atoms with Crippen LogP contribution in [0.3, 0.4) is 0 Å². The van der Waals surface area contributed by atoms with Gasteiger partial charge in [-0.25, -0.2) is 0 Å². The third kappa shape index (κ3) is 5.37. The van der Waals surface area contributed by atoms with Crippen molar-refractivity contribution in [1.82, 2.24) is 10.6 Å². The maximum absolute atomic E-state index is 6.27. The summed E-state index contributed by atoms with van der Waals surface area (Å²) < 4.78 is 11.5. The van der Waals surface area contributed by atoms with E-state index in [1.807, 2.05) is 12.1 Å². The van der Waals surface area contributed by atoms with Crippen molar-refractivity contribution in [2.45, 2.75) is 50.5 Å². The molecule has 2 aliphatic rings. The van der Waals surface area contributed by atoms with E-state index in [1.54, 1.807) is 0 Å². The number of guanidine groups is 1. The predicted molar refractivity (Wildman–Crippen MR) is 111 cm³/mol. The number of ether oxygens (including phenoxy) is 2. The molecular formula is C21H32ClN3O2. The van der Waals surface area contributed by atoms with Crippen LogP contribution in [0, 0.1) is 0 Å². The number of nitrogens with zero attached hydrogens (tertiary/aromatic N) is 1. The molecule has 0 spiro atoms. The minimum absolute atomic E-state index is 0.00705. The van der Waals surface area contributed by atoms with Crippen molar-refractivity contribution in [1.29, 1.82) is 0 Å². The fraction of sp³-hybridized carbons (Fsp3) is 0.667. The lowest BCUT2D eigenvalue weighted by Gasteiger charge is -2.38. The molecule has 1 aromatic rings. The lowest BCUT2D eigenvalue weighted by atomic mass is 9.74. The smallest absolute Gasteiger partial charge is 0.191 e. The number of benzene rings is 1. The van der Waals surface area contributed by atoms with Gasteiger partial charge in [-0.2, -0.15) is 0 Å². The minimum Gasteiger partial charge on any atom is -0.381 e. The SMILES string of the molecule is CCNC(=NCC1(C)CCCO1)NCC1(c2cccc(Cl)c2)CCOCC1. The van der Waals surface area contributed by atoms with Gasteiger partial charge in [0.1, 0.15) is 0 Å². The third-order valence-corrected chi connectivity index (χ3v) is 5.93. The van der Waals surface area contributed by atoms with Gasteiger partial charge in [-0.3, -0.25) is 4.99 Å². The van der Waals surface area contributed by atoms with Crippen LogP contribution in [-0.2, 0) is 14.9 Å². The zero-order chi connectivity index (χ0) is 19.2. The summed E-state index contributed by atoms with van der Waals surface area (Å²) in [5.74, 6) is 0.849. The minimum atomic E-state index is -0.133. The fourth-order valence-corrected chi connectivity index (χ4v) is 4.14. The van der Waals surface area contributed by atoms with Gasteiger partial charge in [-0.15, -0.1) is 0 Å². The summed E-state index contributed by atoms with van der Waals surface area (Å²) in [5.41, 5.74) is 1.14. The molecule has 0 radical (unpaired) electrons. The Labute approximate surface area is 167 Å². The molecule has 2 aliphatic heterocycles. The van der Waals surface area contributed by atoms with Crippen molar-refractivity contribution in [3.63, 3.8) is 0 Å². The van der Waals surface area contributed by atoms with Crippen molar-refractivity contribution in [3.8, 4) is 0 Å². The molecule has 2 fully saturated rings. The Morgan fingerprint density at radius 3 is 2.67 bits per heavy atom. The first-order valence-corrected chi connectivity index (χ1v) is 10.4. The number of aliphatic imine (C=N–C) groups is 1. The lowest BCUT2D eigenvalue weighted by Crippen LogP contribution is -2.48. The first-order chi connectivity index (χ1) is 13.1. The molecule has 0 amide bonds. The fourth-order valence-electron chi connectivity index (χ4n) is 3.95. The van der Waals surface area contributed by atoms with Crippen molar-refractivity contribution in [2.24, 2.45) is 4.99 Å². The second-order valence-corrected chi connectivity index (χ2v) is 8.29. The maximum Gasteiger partial charge on any atom is 0.191 e. The van der Waals surface area contributed by atoms with Crippen LogP contribution >= 0.6 is 11.6 Å². The van der Waals surface area contributed by atoms with Crippen molar-refractivity contribution >= 4 is 17.6 Å². The van der Waals surface area contributed by atoms with Gasteiger partial charge in [-0.05, 0) is 57.2 Å². The molecule has 150 valence electrons. The molecule has 5 nitrogen and oxygen atoms in total. The van der Waals surface area contributed by atoms with E-state index >= 15 is 0 Å². The zero-order valence-corrected chi connectivity index (χ0v) is 17.3. The van der Waals surface area contributed by atoms with Gasteiger partial charge in [0, 0.05) is 43.3 Å². The summed E-state index contributed by atoms with van der Waals surface area (Å²) in [5, 5.41) is 7.73. The highest BCUT2D eigenvalue weighted by atomic mass is 35.5. The maximum atomic E-state index is 6.27. The normalized spacial score (nSPS) is 25.4. The molecule has 2 heterocycles. The Bertz CT molecular complexity index is 638. The van der Waals surface area contributed by atoms with Crippen LogP contribution in [0.25, 0.3) is 0 Å². The largest absolute Gasteiger partial charge is 0.381 e. The summed E-state index contributed by atoms with van der Waals surface area (Å²) >= 11 is 6.27. The molecule has 2 N–H and O–H groups in total. The summed E-state index contributed by atoms with van der Waals surface area (Å²) in [6.45, 7) is 8.94. The van der Waals surface area contributed by atoms with Crippen molar-refractivity contribution in [3.05, 3.63) is 34.9 Å². The first kappa shape index (κ1) is 20.4. The highest BCUT2D eigenvalue weighted by Gasteiger charge is 2.35. The van der Waals surface area contributed by atoms with Gasteiger partial charge in [0.15, 0.2) is 5.96 Å². The summed E-state index contributed by atoms with van der Waals surface area (Å²) in [6, 6.07) is 8.23. The second-order valence-electron chi connectivity index (χ2n) is 7.85. The van der Waals surface area contributed by atoms with Gasteiger partial charge in [0.2, 0.25) is 0 Å². The molecule has 0 aromatic heterocycles. The number of hydrogen-bond donors (Lipinski definition) is 2. The first-order valence-electron chi connectivity index (χ1n) is 10.1. The molecule has 0 saturated carbocycles. The van der Waals surface area contributed by atoms with Gasteiger partial charge < -0.3 is 20.1 Å². The molecule has 0 aliphatic carbocycles. The van der Waals surface area contributed by atoms with Crippen LogP contribution in [0.4, 0.5) is 0 Å². The molecule has 27 heavy (non-hydrogen) atoms. The Morgan fingerprint density at radius 2 is 2.00 bits per heavy atom. The average Bonchev–Trinajstić information content (AvgIpc) is 3.12. The molecule has 1 aromatic carbocycles. The van der Waals surface area contributed by atoms with Crippen LogP contribution in [0.2, 0.25) is 5.02 Å². The summed E-state index contributed by atoms with van der Waals surface area (Å²) in [7, 11) is 0. The van der Waals surface area contributed by atoms with E-state index in [-0.39, 0.29) is 11.0 Å². The van der Waals surface area contributed by atoms with Crippen LogP contribution in [0.15, 0.2) is 29.3 Å². The predicted octanol–water partition coefficient (Wildman–Crippen LogP) is 3.51. The lowest BCUT2D eigenvalue weighted by molar-refractivity contribution is 0.0283. The quantitative estimate of drug-likeness (QED) is 0.573. The highest BCUT2D eigenvalue weighted by Crippen LogP contribution is 2.35. The van der Waals surface area contributed by atoms with Crippen LogP contribution in [-0.4, -0.2) is 51.0 Å². The average molecular weight is 394 g/mol. The topological polar surface area (TPSA) is 54.9 Å². The molecule has 1 atom stereocenters. The van der Waals surface area contributed by atoms with E-state index in [9.17, 15) is 0 Å². The van der Waals surface area contributed by atoms with Gasteiger partial charge in [0.05, 0.1) is 12.1 Å². The Hall–Kier alpha value is -1.30. The van der Waals surface area contributed by atoms with Gasteiger partial charge in [0.25, 0.3) is 0 Å².